The molecule has 0 aliphatic carbocycles. The van der Waals surface area contributed by atoms with Crippen molar-refractivity contribution >= 4 is 11.6 Å². The molecule has 60 valence electrons. The number of halogens is 2. The molecule has 0 amide bonds. The van der Waals surface area contributed by atoms with Crippen molar-refractivity contribution in [3.05, 3.63) is 34.9 Å². The molecule has 1 atom stereocenters. The largest absolute Gasteiger partial charge is 0.358 e. The van der Waals surface area contributed by atoms with Crippen LogP contribution in [0.2, 0.25) is 5.02 Å². The van der Waals surface area contributed by atoms with Crippen LogP contribution in [-0.4, -0.2) is 5.11 Å². The lowest BCUT2D eigenvalue weighted by Gasteiger charge is -2.12. The van der Waals surface area contributed by atoms with Gasteiger partial charge >= 0.3 is 0 Å². The average Bonchev–Trinajstić information content (AvgIpc) is 1.86. The van der Waals surface area contributed by atoms with Gasteiger partial charge in [-0.1, -0.05) is 23.7 Å². The molecule has 0 aromatic heterocycles. The quantitative estimate of drug-likeness (QED) is 0.694. The summed E-state index contributed by atoms with van der Waals surface area (Å²) in [6, 6.07) is 6.08. The molecular formula is C8H8ClFO. The minimum absolute atomic E-state index is 0.171. The molecule has 0 aliphatic heterocycles. The van der Waals surface area contributed by atoms with Crippen LogP contribution in [0.15, 0.2) is 24.3 Å². The topological polar surface area (TPSA) is 20.2 Å². The average molecular weight is 175 g/mol. The van der Waals surface area contributed by atoms with E-state index < -0.39 is 5.85 Å². The van der Waals surface area contributed by atoms with Gasteiger partial charge in [0.1, 0.15) is 0 Å². The number of benzene rings is 1. The minimum Gasteiger partial charge on any atom is -0.358 e. The predicted octanol–water partition coefficient (Wildman–Crippen LogP) is 2.47. The molecule has 1 N–H and O–H groups in total. The van der Waals surface area contributed by atoms with E-state index in [1.165, 1.54) is 12.1 Å². The normalized spacial score (nSPS) is 16.0. The summed E-state index contributed by atoms with van der Waals surface area (Å²) in [4.78, 5) is 0. The molecule has 11 heavy (non-hydrogen) atoms. The number of alkyl halides is 1. The first-order valence-electron chi connectivity index (χ1n) is 3.17. The fraction of sp³-hybridized carbons (Fsp3) is 0.250. The van der Waals surface area contributed by atoms with Crippen LogP contribution in [0.4, 0.5) is 4.39 Å². The summed E-state index contributed by atoms with van der Waals surface area (Å²) in [7, 11) is 0. The highest BCUT2D eigenvalue weighted by Gasteiger charge is 2.20. The van der Waals surface area contributed by atoms with E-state index in [9.17, 15) is 4.39 Å². The Hall–Kier alpha value is -0.600. The summed E-state index contributed by atoms with van der Waals surface area (Å²) < 4.78 is 12.8. The van der Waals surface area contributed by atoms with Crippen LogP contribution in [0.25, 0.3) is 0 Å². The summed E-state index contributed by atoms with van der Waals surface area (Å²) in [6.45, 7) is 1.07. The fourth-order valence-electron chi connectivity index (χ4n) is 0.772. The van der Waals surface area contributed by atoms with Gasteiger partial charge in [-0.3, -0.25) is 0 Å². The Morgan fingerprint density at radius 3 is 2.55 bits per heavy atom. The van der Waals surface area contributed by atoms with Crippen LogP contribution in [0.3, 0.4) is 0 Å². The van der Waals surface area contributed by atoms with Crippen LogP contribution < -0.4 is 0 Å². The van der Waals surface area contributed by atoms with Crippen LogP contribution in [0.1, 0.15) is 12.5 Å². The van der Waals surface area contributed by atoms with E-state index in [0.29, 0.717) is 5.02 Å². The van der Waals surface area contributed by atoms with Crippen LogP contribution in [0, 0.1) is 0 Å². The third-order valence-corrected chi connectivity index (χ3v) is 1.59. The van der Waals surface area contributed by atoms with E-state index in [2.05, 4.69) is 0 Å². The highest BCUT2D eigenvalue weighted by molar-refractivity contribution is 6.30. The molecule has 1 aromatic carbocycles. The van der Waals surface area contributed by atoms with E-state index in [-0.39, 0.29) is 5.56 Å². The Balaban J connectivity index is 3.06. The SMILES string of the molecule is C[C@@](O)(F)c1cccc(Cl)c1. The summed E-state index contributed by atoms with van der Waals surface area (Å²) >= 11 is 5.57. The zero-order chi connectivity index (χ0) is 8.48. The molecule has 3 heteroatoms. The van der Waals surface area contributed by atoms with Gasteiger partial charge in [0.25, 0.3) is 0 Å². The van der Waals surface area contributed by atoms with Gasteiger partial charge in [-0.2, -0.15) is 0 Å². The number of rotatable bonds is 1. The van der Waals surface area contributed by atoms with Crippen molar-refractivity contribution in [1.29, 1.82) is 0 Å². The van der Waals surface area contributed by atoms with Crippen LogP contribution in [0.5, 0.6) is 0 Å². The molecule has 1 nitrogen and oxygen atoms in total. The lowest BCUT2D eigenvalue weighted by Crippen LogP contribution is -2.12. The van der Waals surface area contributed by atoms with Gasteiger partial charge < -0.3 is 5.11 Å². The maximum atomic E-state index is 12.8. The number of aliphatic hydroxyl groups is 1. The van der Waals surface area contributed by atoms with Crippen molar-refractivity contribution in [3.8, 4) is 0 Å². The summed E-state index contributed by atoms with van der Waals surface area (Å²) in [5.74, 6) is -2.30. The van der Waals surface area contributed by atoms with Crippen LogP contribution in [-0.2, 0) is 5.85 Å². The van der Waals surface area contributed by atoms with Crippen molar-refractivity contribution in [1.82, 2.24) is 0 Å². The Bertz CT molecular complexity index is 255. The van der Waals surface area contributed by atoms with E-state index in [1.54, 1.807) is 12.1 Å². The van der Waals surface area contributed by atoms with Crippen molar-refractivity contribution in [2.75, 3.05) is 0 Å². The first-order chi connectivity index (χ1) is 5.00. The molecule has 1 rings (SSSR count). The third-order valence-electron chi connectivity index (χ3n) is 1.35. The lowest BCUT2D eigenvalue weighted by atomic mass is 10.1. The predicted molar refractivity (Wildman–Crippen MR) is 42.1 cm³/mol. The van der Waals surface area contributed by atoms with Crippen molar-refractivity contribution < 1.29 is 9.50 Å². The molecule has 1 aromatic rings. The highest BCUT2D eigenvalue weighted by atomic mass is 35.5. The first-order valence-corrected chi connectivity index (χ1v) is 3.55. The van der Waals surface area contributed by atoms with Gasteiger partial charge in [0.2, 0.25) is 5.85 Å². The molecule has 0 radical (unpaired) electrons. The molecule has 0 unspecified atom stereocenters. The fourth-order valence-corrected chi connectivity index (χ4v) is 0.963. The molecule has 0 saturated heterocycles. The second-order valence-electron chi connectivity index (χ2n) is 2.46. The van der Waals surface area contributed by atoms with Crippen molar-refractivity contribution in [3.63, 3.8) is 0 Å². The van der Waals surface area contributed by atoms with Gasteiger partial charge in [-0.05, 0) is 19.1 Å². The number of hydrogen-bond acceptors (Lipinski definition) is 1. The van der Waals surface area contributed by atoms with Crippen molar-refractivity contribution in [2.24, 2.45) is 0 Å². The zero-order valence-electron chi connectivity index (χ0n) is 6.01. The Labute approximate surface area is 69.4 Å². The second kappa shape index (κ2) is 2.80. The summed E-state index contributed by atoms with van der Waals surface area (Å²) in [5, 5.41) is 9.31. The van der Waals surface area contributed by atoms with Gasteiger partial charge in [0.05, 0.1) is 0 Å². The van der Waals surface area contributed by atoms with Gasteiger partial charge in [-0.15, -0.1) is 0 Å². The number of hydrogen-bond donors (Lipinski definition) is 1. The van der Waals surface area contributed by atoms with Crippen LogP contribution >= 0.6 is 11.6 Å². The third kappa shape index (κ3) is 2.17. The monoisotopic (exact) mass is 174 g/mol. The standard InChI is InChI=1S/C8H8ClFO/c1-8(10,11)6-3-2-4-7(9)5-6/h2-5,11H,1H3/t8-/m0/s1. The Kier molecular flexibility index (Phi) is 2.16. The molecule has 0 saturated carbocycles. The van der Waals surface area contributed by atoms with E-state index in [0.717, 1.165) is 6.92 Å². The molecule has 0 spiro atoms. The molecular weight excluding hydrogens is 167 g/mol. The van der Waals surface area contributed by atoms with Gasteiger partial charge in [0.15, 0.2) is 0 Å². The maximum Gasteiger partial charge on any atom is 0.230 e. The van der Waals surface area contributed by atoms with E-state index in [4.69, 9.17) is 16.7 Å². The summed E-state index contributed by atoms with van der Waals surface area (Å²) in [5.41, 5.74) is 0.171. The van der Waals surface area contributed by atoms with E-state index >= 15 is 0 Å². The van der Waals surface area contributed by atoms with Gasteiger partial charge in [-0.25, -0.2) is 4.39 Å². The minimum atomic E-state index is -2.30. The first kappa shape index (κ1) is 8.50. The smallest absolute Gasteiger partial charge is 0.230 e. The Morgan fingerprint density at radius 2 is 2.18 bits per heavy atom. The highest BCUT2D eigenvalue weighted by Crippen LogP contribution is 2.23. The molecule has 0 aliphatic rings. The summed E-state index contributed by atoms with van der Waals surface area (Å²) in [6.07, 6.45) is 0. The van der Waals surface area contributed by atoms with Gasteiger partial charge in [0, 0.05) is 10.6 Å². The Morgan fingerprint density at radius 1 is 1.55 bits per heavy atom. The zero-order valence-corrected chi connectivity index (χ0v) is 6.77. The molecule has 0 bridgehead atoms. The molecule has 0 fully saturated rings. The van der Waals surface area contributed by atoms with Crippen molar-refractivity contribution in [2.45, 2.75) is 12.8 Å². The maximum absolute atomic E-state index is 12.8. The van der Waals surface area contributed by atoms with E-state index in [1.807, 2.05) is 0 Å². The lowest BCUT2D eigenvalue weighted by molar-refractivity contribution is -0.0768. The second-order valence-corrected chi connectivity index (χ2v) is 2.90. The molecule has 0 heterocycles.